The van der Waals surface area contributed by atoms with E-state index in [0.717, 1.165) is 12.1 Å². The highest BCUT2D eigenvalue weighted by molar-refractivity contribution is 7.92. The molecule has 2 aromatic carbocycles. The zero-order chi connectivity index (χ0) is 15.6. The third kappa shape index (κ3) is 3.24. The van der Waals surface area contributed by atoms with E-state index in [1.807, 2.05) is 6.07 Å². The number of benzene rings is 2. The molecule has 0 unspecified atom stereocenters. The van der Waals surface area contributed by atoms with Crippen LogP contribution in [0, 0.1) is 17.1 Å². The zero-order valence-electron chi connectivity index (χ0n) is 10.5. The molecule has 0 aromatic heterocycles. The molecule has 0 amide bonds. The highest BCUT2D eigenvalue weighted by atomic mass is 35.5. The van der Waals surface area contributed by atoms with E-state index in [1.165, 1.54) is 24.3 Å². The van der Waals surface area contributed by atoms with Gasteiger partial charge >= 0.3 is 0 Å². The molecule has 0 fully saturated rings. The molecule has 0 heterocycles. The van der Waals surface area contributed by atoms with Crippen LogP contribution >= 0.6 is 11.6 Å². The van der Waals surface area contributed by atoms with Crippen molar-refractivity contribution in [3.63, 3.8) is 0 Å². The number of sulfonamides is 1. The third-order valence-electron chi connectivity index (χ3n) is 2.61. The molecule has 3 N–H and O–H groups in total. The molecule has 0 saturated carbocycles. The Morgan fingerprint density at radius 2 is 1.95 bits per heavy atom. The fourth-order valence-electron chi connectivity index (χ4n) is 1.61. The number of rotatable bonds is 3. The van der Waals surface area contributed by atoms with E-state index >= 15 is 0 Å². The van der Waals surface area contributed by atoms with Crippen LogP contribution in [0.4, 0.5) is 15.8 Å². The molecule has 5 nitrogen and oxygen atoms in total. The molecule has 21 heavy (non-hydrogen) atoms. The molecular formula is C13H9ClFN3O2S. The number of anilines is 2. The lowest BCUT2D eigenvalue weighted by atomic mass is 10.2. The quantitative estimate of drug-likeness (QED) is 0.848. The average molecular weight is 326 g/mol. The molecule has 0 aliphatic carbocycles. The summed E-state index contributed by atoms with van der Waals surface area (Å²) in [6.45, 7) is 0. The summed E-state index contributed by atoms with van der Waals surface area (Å²) in [7, 11) is -4.00. The van der Waals surface area contributed by atoms with Gasteiger partial charge in [-0.1, -0.05) is 11.6 Å². The van der Waals surface area contributed by atoms with Gasteiger partial charge in [-0.15, -0.1) is 0 Å². The van der Waals surface area contributed by atoms with Gasteiger partial charge in [0.2, 0.25) is 0 Å². The van der Waals surface area contributed by atoms with Gasteiger partial charge < -0.3 is 5.73 Å². The fourth-order valence-corrected chi connectivity index (χ4v) is 3.25. The molecule has 0 saturated heterocycles. The summed E-state index contributed by atoms with van der Waals surface area (Å²) < 4.78 is 39.6. The first-order valence-electron chi connectivity index (χ1n) is 5.61. The number of halogens is 2. The minimum Gasteiger partial charge on any atom is -0.397 e. The van der Waals surface area contributed by atoms with Crippen molar-refractivity contribution in [3.8, 4) is 6.07 Å². The number of hydrogen-bond acceptors (Lipinski definition) is 4. The smallest absolute Gasteiger partial charge is 0.263 e. The first kappa shape index (κ1) is 15.1. The van der Waals surface area contributed by atoms with Crippen molar-refractivity contribution in [1.29, 1.82) is 5.26 Å². The van der Waals surface area contributed by atoms with Crippen molar-refractivity contribution in [2.75, 3.05) is 10.5 Å². The Morgan fingerprint density at radius 1 is 1.24 bits per heavy atom. The van der Waals surface area contributed by atoms with Crippen LogP contribution in [0.25, 0.3) is 0 Å². The largest absolute Gasteiger partial charge is 0.397 e. The van der Waals surface area contributed by atoms with E-state index < -0.39 is 15.8 Å². The Hall–Kier alpha value is -2.30. The van der Waals surface area contributed by atoms with Crippen LogP contribution in [-0.4, -0.2) is 8.42 Å². The van der Waals surface area contributed by atoms with Crippen molar-refractivity contribution < 1.29 is 12.8 Å². The lowest BCUT2D eigenvalue weighted by Crippen LogP contribution is -2.14. The van der Waals surface area contributed by atoms with Gasteiger partial charge in [-0.2, -0.15) is 5.26 Å². The van der Waals surface area contributed by atoms with Gasteiger partial charge in [0.25, 0.3) is 10.0 Å². The monoisotopic (exact) mass is 325 g/mol. The summed E-state index contributed by atoms with van der Waals surface area (Å²) in [6.07, 6.45) is 0. The summed E-state index contributed by atoms with van der Waals surface area (Å²) in [4.78, 5) is -0.202. The number of nitrogens with two attached hydrogens (primary N) is 1. The number of nitrogen functional groups attached to an aromatic ring is 1. The highest BCUT2D eigenvalue weighted by Crippen LogP contribution is 2.27. The Kier molecular flexibility index (Phi) is 4.02. The van der Waals surface area contributed by atoms with Gasteiger partial charge in [0.05, 0.1) is 28.0 Å². The number of hydrogen-bond donors (Lipinski definition) is 2. The molecular weight excluding hydrogens is 317 g/mol. The zero-order valence-corrected chi connectivity index (χ0v) is 12.0. The Bertz CT molecular complexity index is 847. The summed E-state index contributed by atoms with van der Waals surface area (Å²) in [5.41, 5.74) is 5.77. The lowest BCUT2D eigenvalue weighted by molar-refractivity contribution is 0.601. The van der Waals surface area contributed by atoms with Crippen LogP contribution in [0.3, 0.4) is 0 Å². The van der Waals surface area contributed by atoms with Crippen molar-refractivity contribution in [2.24, 2.45) is 0 Å². The van der Waals surface area contributed by atoms with Gasteiger partial charge in [-0.25, -0.2) is 12.8 Å². The molecule has 2 rings (SSSR count). The number of nitrogens with one attached hydrogen (secondary N) is 1. The minimum atomic E-state index is -4.00. The third-order valence-corrected chi connectivity index (χ3v) is 4.46. The van der Waals surface area contributed by atoms with Crippen molar-refractivity contribution in [3.05, 3.63) is 52.8 Å². The van der Waals surface area contributed by atoms with E-state index in [2.05, 4.69) is 4.72 Å². The summed E-state index contributed by atoms with van der Waals surface area (Å²) in [5, 5.41) is 8.63. The SMILES string of the molecule is N#Cc1ccc(S(=O)(=O)Nc2ccc(F)cc2N)c(Cl)c1. The minimum absolute atomic E-state index is 0.0387. The van der Waals surface area contributed by atoms with E-state index in [-0.39, 0.29) is 26.9 Å². The van der Waals surface area contributed by atoms with Crippen LogP contribution in [0.15, 0.2) is 41.3 Å². The summed E-state index contributed by atoms with van der Waals surface area (Å²) in [5.74, 6) is -0.577. The Morgan fingerprint density at radius 3 is 2.52 bits per heavy atom. The molecule has 2 aromatic rings. The molecule has 8 heteroatoms. The molecule has 0 bridgehead atoms. The van der Waals surface area contributed by atoms with E-state index in [4.69, 9.17) is 22.6 Å². The standard InChI is InChI=1S/C13H9ClFN3O2S/c14-10-5-8(7-16)1-4-13(10)21(19,20)18-12-3-2-9(15)6-11(12)17/h1-6,18H,17H2. The molecule has 0 radical (unpaired) electrons. The maximum Gasteiger partial charge on any atom is 0.263 e. The van der Waals surface area contributed by atoms with Gasteiger partial charge in [0.15, 0.2) is 0 Å². The van der Waals surface area contributed by atoms with E-state index in [1.54, 1.807) is 0 Å². The molecule has 108 valence electrons. The second-order valence-corrected chi connectivity index (χ2v) is 6.15. The van der Waals surface area contributed by atoms with Crippen molar-refractivity contribution >= 4 is 33.0 Å². The summed E-state index contributed by atoms with van der Waals surface area (Å²) in [6, 6.07) is 8.91. The lowest BCUT2D eigenvalue weighted by Gasteiger charge is -2.11. The highest BCUT2D eigenvalue weighted by Gasteiger charge is 2.19. The first-order chi connectivity index (χ1) is 9.83. The predicted molar refractivity (Wildman–Crippen MR) is 77.8 cm³/mol. The molecule has 0 aliphatic rings. The normalized spacial score (nSPS) is 10.9. The Balaban J connectivity index is 2.41. The van der Waals surface area contributed by atoms with Crippen molar-refractivity contribution in [1.82, 2.24) is 0 Å². The van der Waals surface area contributed by atoms with Gasteiger partial charge in [0.1, 0.15) is 10.7 Å². The second kappa shape index (κ2) is 5.60. The van der Waals surface area contributed by atoms with Crippen LogP contribution < -0.4 is 10.5 Å². The molecule has 0 atom stereocenters. The maximum atomic E-state index is 12.9. The number of nitriles is 1. The number of nitrogens with zero attached hydrogens (tertiary/aromatic N) is 1. The van der Waals surface area contributed by atoms with Crippen LogP contribution in [0.2, 0.25) is 5.02 Å². The van der Waals surface area contributed by atoms with Gasteiger partial charge in [-0.3, -0.25) is 4.72 Å². The van der Waals surface area contributed by atoms with Gasteiger partial charge in [0, 0.05) is 0 Å². The van der Waals surface area contributed by atoms with Crippen LogP contribution in [-0.2, 0) is 10.0 Å². The average Bonchev–Trinajstić information content (AvgIpc) is 2.41. The predicted octanol–water partition coefficient (Wildman–Crippen LogP) is 2.73. The topological polar surface area (TPSA) is 96.0 Å². The van der Waals surface area contributed by atoms with Crippen LogP contribution in [0.5, 0.6) is 0 Å². The fraction of sp³-hybridized carbons (Fsp3) is 0. The molecule has 0 spiro atoms. The van der Waals surface area contributed by atoms with Crippen LogP contribution in [0.1, 0.15) is 5.56 Å². The molecule has 0 aliphatic heterocycles. The van der Waals surface area contributed by atoms with Crippen molar-refractivity contribution in [2.45, 2.75) is 4.90 Å². The van der Waals surface area contributed by atoms with E-state index in [0.29, 0.717) is 0 Å². The second-order valence-electron chi connectivity index (χ2n) is 4.09. The maximum absolute atomic E-state index is 12.9. The van der Waals surface area contributed by atoms with E-state index in [9.17, 15) is 12.8 Å². The first-order valence-corrected chi connectivity index (χ1v) is 7.47. The van der Waals surface area contributed by atoms with Gasteiger partial charge in [-0.05, 0) is 36.4 Å². The Labute approximate surface area is 125 Å². The summed E-state index contributed by atoms with van der Waals surface area (Å²) >= 11 is 5.86.